The van der Waals surface area contributed by atoms with E-state index < -0.39 is 5.69 Å². The van der Waals surface area contributed by atoms with Gasteiger partial charge in [-0.1, -0.05) is 24.9 Å². The van der Waals surface area contributed by atoms with Crippen molar-refractivity contribution in [3.63, 3.8) is 0 Å². The van der Waals surface area contributed by atoms with E-state index in [-0.39, 0.29) is 10.7 Å². The average Bonchev–Trinajstić information content (AvgIpc) is 2.45. The third kappa shape index (κ3) is 3.19. The topological polar surface area (TPSA) is 64.1 Å². The third-order valence-electron chi connectivity index (χ3n) is 3.05. The number of aromatic amines is 1. The fourth-order valence-electron chi connectivity index (χ4n) is 2.11. The summed E-state index contributed by atoms with van der Waals surface area (Å²) < 4.78 is 6.43. The van der Waals surface area contributed by atoms with E-state index in [4.69, 9.17) is 16.3 Å². The van der Waals surface area contributed by atoms with Crippen molar-refractivity contribution in [1.82, 2.24) is 9.55 Å². The number of rotatable bonds is 5. The lowest BCUT2D eigenvalue weighted by Gasteiger charge is -2.09. The van der Waals surface area contributed by atoms with Gasteiger partial charge in [-0.25, -0.2) is 9.36 Å². The second-order valence-electron chi connectivity index (χ2n) is 4.54. The first-order valence-corrected chi connectivity index (χ1v) is 7.23. The van der Waals surface area contributed by atoms with Gasteiger partial charge in [-0.05, 0) is 37.6 Å². The summed E-state index contributed by atoms with van der Waals surface area (Å²) in [4.78, 5) is 27.0. The van der Waals surface area contributed by atoms with Crippen molar-refractivity contribution >= 4 is 11.6 Å². The van der Waals surface area contributed by atoms with Gasteiger partial charge < -0.3 is 4.74 Å². The SMILES string of the molecule is CCCc1c(Cl)[nH]c(=O)n(-c2ccc(OCC)cc2)c1=O. The molecule has 112 valence electrons. The first-order valence-electron chi connectivity index (χ1n) is 6.85. The second-order valence-corrected chi connectivity index (χ2v) is 4.92. The molecule has 1 N–H and O–H groups in total. The minimum Gasteiger partial charge on any atom is -0.494 e. The number of H-pyrrole nitrogens is 1. The van der Waals surface area contributed by atoms with Gasteiger partial charge in [-0.15, -0.1) is 0 Å². The Kier molecular flexibility index (Phi) is 4.85. The van der Waals surface area contributed by atoms with Crippen molar-refractivity contribution in [3.05, 3.63) is 55.8 Å². The van der Waals surface area contributed by atoms with Crippen LogP contribution in [0.1, 0.15) is 25.8 Å². The standard InChI is InChI=1S/C15H17ClN2O3/c1-3-5-12-13(16)17-15(20)18(14(12)19)10-6-8-11(9-7-10)21-4-2/h6-9H,3-5H2,1-2H3,(H,17,20). The summed E-state index contributed by atoms with van der Waals surface area (Å²) in [6, 6.07) is 6.79. The Morgan fingerprint density at radius 1 is 1.19 bits per heavy atom. The normalized spacial score (nSPS) is 10.6. The van der Waals surface area contributed by atoms with E-state index in [1.165, 1.54) is 0 Å². The molecule has 1 aromatic heterocycles. The molecular formula is C15H17ClN2O3. The maximum Gasteiger partial charge on any atom is 0.334 e. The van der Waals surface area contributed by atoms with Gasteiger partial charge in [0.25, 0.3) is 5.56 Å². The molecule has 0 fully saturated rings. The Morgan fingerprint density at radius 2 is 1.86 bits per heavy atom. The summed E-state index contributed by atoms with van der Waals surface area (Å²) in [7, 11) is 0. The Morgan fingerprint density at radius 3 is 2.43 bits per heavy atom. The highest BCUT2D eigenvalue weighted by molar-refractivity contribution is 6.30. The van der Waals surface area contributed by atoms with Crippen LogP contribution < -0.4 is 16.0 Å². The molecule has 0 bridgehead atoms. The summed E-state index contributed by atoms with van der Waals surface area (Å²) in [5.74, 6) is 0.688. The van der Waals surface area contributed by atoms with Gasteiger partial charge in [0, 0.05) is 0 Å². The molecule has 6 heteroatoms. The maximum atomic E-state index is 12.4. The van der Waals surface area contributed by atoms with Gasteiger partial charge in [0.2, 0.25) is 0 Å². The summed E-state index contributed by atoms with van der Waals surface area (Å²) in [5, 5.41) is 0.119. The van der Waals surface area contributed by atoms with Crippen LogP contribution in [0.5, 0.6) is 5.75 Å². The lowest BCUT2D eigenvalue weighted by Crippen LogP contribution is -2.36. The molecule has 0 aliphatic carbocycles. The number of aromatic nitrogens is 2. The molecule has 0 saturated heterocycles. The van der Waals surface area contributed by atoms with E-state index in [0.29, 0.717) is 30.0 Å². The molecule has 1 heterocycles. The molecule has 1 aromatic carbocycles. The molecular weight excluding hydrogens is 292 g/mol. The van der Waals surface area contributed by atoms with E-state index in [1.54, 1.807) is 24.3 Å². The predicted octanol–water partition coefficient (Wildman–Crippen LogP) is 2.53. The number of hydrogen-bond donors (Lipinski definition) is 1. The first-order chi connectivity index (χ1) is 10.1. The van der Waals surface area contributed by atoms with Crippen molar-refractivity contribution in [2.45, 2.75) is 26.7 Å². The zero-order valence-corrected chi connectivity index (χ0v) is 12.7. The van der Waals surface area contributed by atoms with Crippen LogP contribution in [-0.2, 0) is 6.42 Å². The fourth-order valence-corrected chi connectivity index (χ4v) is 2.36. The van der Waals surface area contributed by atoms with Crippen molar-refractivity contribution in [2.24, 2.45) is 0 Å². The predicted molar refractivity (Wildman–Crippen MR) is 82.8 cm³/mol. The van der Waals surface area contributed by atoms with E-state index in [2.05, 4.69) is 4.98 Å². The highest BCUT2D eigenvalue weighted by Crippen LogP contribution is 2.14. The molecule has 0 amide bonds. The zero-order chi connectivity index (χ0) is 15.4. The van der Waals surface area contributed by atoms with Gasteiger partial charge in [-0.2, -0.15) is 0 Å². The molecule has 5 nitrogen and oxygen atoms in total. The van der Waals surface area contributed by atoms with Crippen LogP contribution >= 0.6 is 11.6 Å². The largest absolute Gasteiger partial charge is 0.494 e. The van der Waals surface area contributed by atoms with E-state index >= 15 is 0 Å². The molecule has 2 aromatic rings. The number of hydrogen-bond acceptors (Lipinski definition) is 3. The smallest absolute Gasteiger partial charge is 0.334 e. The van der Waals surface area contributed by atoms with Crippen molar-refractivity contribution in [3.8, 4) is 11.4 Å². The van der Waals surface area contributed by atoms with Gasteiger partial charge in [-0.3, -0.25) is 9.78 Å². The Hall–Kier alpha value is -2.01. The maximum absolute atomic E-state index is 12.4. The number of benzene rings is 1. The number of nitrogens with one attached hydrogen (secondary N) is 1. The van der Waals surface area contributed by atoms with Crippen LogP contribution in [0.2, 0.25) is 5.15 Å². The molecule has 2 rings (SSSR count). The first kappa shape index (κ1) is 15.4. The lowest BCUT2D eigenvalue weighted by atomic mass is 10.2. The van der Waals surface area contributed by atoms with Crippen molar-refractivity contribution < 1.29 is 4.74 Å². The highest BCUT2D eigenvalue weighted by atomic mass is 35.5. The van der Waals surface area contributed by atoms with Crippen LogP contribution in [0.25, 0.3) is 5.69 Å². The van der Waals surface area contributed by atoms with E-state index in [0.717, 1.165) is 11.0 Å². The number of halogens is 1. The summed E-state index contributed by atoms with van der Waals surface area (Å²) in [6.45, 7) is 4.39. The molecule has 0 radical (unpaired) electrons. The Labute approximate surface area is 127 Å². The molecule has 0 spiro atoms. The molecule has 0 aliphatic heterocycles. The summed E-state index contributed by atoms with van der Waals surface area (Å²) in [5.41, 5.74) is -0.0184. The van der Waals surface area contributed by atoms with Crippen molar-refractivity contribution in [2.75, 3.05) is 6.61 Å². The van der Waals surface area contributed by atoms with E-state index in [9.17, 15) is 9.59 Å². The van der Waals surface area contributed by atoms with Crippen LogP contribution in [0, 0.1) is 0 Å². The molecule has 0 saturated carbocycles. The Bertz CT molecular complexity index is 732. The quantitative estimate of drug-likeness (QED) is 0.863. The monoisotopic (exact) mass is 308 g/mol. The average molecular weight is 309 g/mol. The van der Waals surface area contributed by atoms with Gasteiger partial charge >= 0.3 is 5.69 Å². The molecule has 0 atom stereocenters. The number of nitrogens with zero attached hydrogens (tertiary/aromatic N) is 1. The zero-order valence-electron chi connectivity index (χ0n) is 12.0. The van der Waals surface area contributed by atoms with Gasteiger partial charge in [0.05, 0.1) is 17.9 Å². The van der Waals surface area contributed by atoms with Gasteiger partial charge in [0.15, 0.2) is 0 Å². The van der Waals surface area contributed by atoms with Gasteiger partial charge in [0.1, 0.15) is 10.9 Å². The molecule has 0 unspecified atom stereocenters. The fraction of sp³-hybridized carbons (Fsp3) is 0.333. The summed E-state index contributed by atoms with van der Waals surface area (Å²) >= 11 is 5.95. The number of ether oxygens (including phenoxy) is 1. The van der Waals surface area contributed by atoms with Crippen LogP contribution in [0.4, 0.5) is 0 Å². The molecule has 0 aliphatic rings. The highest BCUT2D eigenvalue weighted by Gasteiger charge is 2.13. The Balaban J connectivity index is 2.55. The minimum atomic E-state index is -0.547. The van der Waals surface area contributed by atoms with Crippen molar-refractivity contribution in [1.29, 1.82) is 0 Å². The van der Waals surface area contributed by atoms with E-state index in [1.807, 2.05) is 13.8 Å². The van der Waals surface area contributed by atoms with Crippen LogP contribution in [-0.4, -0.2) is 16.2 Å². The third-order valence-corrected chi connectivity index (χ3v) is 3.37. The minimum absolute atomic E-state index is 0.119. The lowest BCUT2D eigenvalue weighted by molar-refractivity contribution is 0.340. The summed E-state index contributed by atoms with van der Waals surface area (Å²) in [6.07, 6.45) is 1.29. The van der Waals surface area contributed by atoms with Crippen LogP contribution in [0.3, 0.4) is 0 Å². The molecule has 21 heavy (non-hydrogen) atoms. The second kappa shape index (κ2) is 6.63. The van der Waals surface area contributed by atoms with Crippen LogP contribution in [0.15, 0.2) is 33.9 Å².